The highest BCUT2D eigenvalue weighted by molar-refractivity contribution is 5.66. The molecule has 4 aliphatic carbocycles. The minimum absolute atomic E-state index is 0.0907. The van der Waals surface area contributed by atoms with Crippen molar-refractivity contribution >= 4 is 5.97 Å². The second-order valence-corrected chi connectivity index (χ2v) is 9.29. The fraction of sp³-hybridized carbons (Fsp3) is 0.857. The Labute approximate surface area is 141 Å². The molecule has 0 spiro atoms. The first-order chi connectivity index (χ1) is 10.9. The first-order valence-electron chi connectivity index (χ1n) is 9.77. The molecule has 4 aliphatic rings. The van der Waals surface area contributed by atoms with Crippen LogP contribution in [-0.4, -0.2) is 12.1 Å². The number of rotatable bonds is 1. The number of carbonyl (C=O) groups excluding carboxylic acids is 1. The maximum absolute atomic E-state index is 11.5. The third kappa shape index (κ3) is 2.23. The Morgan fingerprint density at radius 3 is 2.57 bits per heavy atom. The molecule has 23 heavy (non-hydrogen) atoms. The zero-order chi connectivity index (χ0) is 16.2. The summed E-state index contributed by atoms with van der Waals surface area (Å²) in [6, 6.07) is 0. The van der Waals surface area contributed by atoms with Crippen LogP contribution in [0.3, 0.4) is 0 Å². The third-order valence-corrected chi connectivity index (χ3v) is 8.43. The van der Waals surface area contributed by atoms with Crippen molar-refractivity contribution in [1.29, 1.82) is 0 Å². The van der Waals surface area contributed by atoms with Crippen LogP contribution in [0.1, 0.15) is 72.1 Å². The molecule has 0 bridgehead atoms. The molecule has 3 saturated carbocycles. The van der Waals surface area contributed by atoms with Gasteiger partial charge in [-0.1, -0.05) is 26.0 Å². The molecule has 2 nitrogen and oxygen atoms in total. The third-order valence-electron chi connectivity index (χ3n) is 8.43. The van der Waals surface area contributed by atoms with Crippen LogP contribution in [0.2, 0.25) is 0 Å². The summed E-state index contributed by atoms with van der Waals surface area (Å²) in [6.07, 6.45) is 15.4. The zero-order valence-corrected chi connectivity index (χ0v) is 15.0. The van der Waals surface area contributed by atoms with Crippen LogP contribution in [0, 0.1) is 34.5 Å². The second-order valence-electron chi connectivity index (χ2n) is 9.29. The van der Waals surface area contributed by atoms with Gasteiger partial charge in [0.05, 0.1) is 0 Å². The van der Waals surface area contributed by atoms with Crippen LogP contribution in [0.5, 0.6) is 0 Å². The van der Waals surface area contributed by atoms with Crippen LogP contribution < -0.4 is 0 Å². The molecule has 0 radical (unpaired) electrons. The van der Waals surface area contributed by atoms with E-state index in [0.717, 1.165) is 30.1 Å². The summed E-state index contributed by atoms with van der Waals surface area (Å²) in [4.78, 5) is 11.5. The van der Waals surface area contributed by atoms with E-state index in [0.29, 0.717) is 5.41 Å². The van der Waals surface area contributed by atoms with Crippen LogP contribution in [-0.2, 0) is 9.53 Å². The first kappa shape index (κ1) is 15.7. The number of carbonyl (C=O) groups is 1. The fourth-order valence-corrected chi connectivity index (χ4v) is 7.18. The summed E-state index contributed by atoms with van der Waals surface area (Å²) in [5.74, 6) is 3.34. The van der Waals surface area contributed by atoms with Crippen LogP contribution in [0.25, 0.3) is 0 Å². The minimum atomic E-state index is -0.0907. The number of hydrogen-bond acceptors (Lipinski definition) is 2. The predicted molar refractivity (Wildman–Crippen MR) is 91.8 cm³/mol. The first-order valence-corrected chi connectivity index (χ1v) is 9.77. The van der Waals surface area contributed by atoms with Crippen molar-refractivity contribution in [1.82, 2.24) is 0 Å². The highest BCUT2D eigenvalue weighted by Crippen LogP contribution is 2.65. The SMILES string of the molecule is CC(=O)O[C@H]1CC[C@@H]2[C@H]3CC[C@H]4CC=CC[C@]4(C)[C@@H]3CC[C@]12C. The van der Waals surface area contributed by atoms with Crippen molar-refractivity contribution < 1.29 is 9.53 Å². The molecule has 0 aliphatic heterocycles. The van der Waals surface area contributed by atoms with E-state index in [9.17, 15) is 4.79 Å². The molecule has 0 amide bonds. The highest BCUT2D eigenvalue weighted by Gasteiger charge is 2.60. The average molecular weight is 316 g/mol. The topological polar surface area (TPSA) is 26.3 Å². The quantitative estimate of drug-likeness (QED) is 0.495. The molecule has 4 rings (SSSR count). The predicted octanol–water partition coefficient (Wildman–Crippen LogP) is 5.13. The Morgan fingerprint density at radius 1 is 1.00 bits per heavy atom. The molecule has 7 atom stereocenters. The molecule has 2 heteroatoms. The van der Waals surface area contributed by atoms with Gasteiger partial charge in [-0.25, -0.2) is 0 Å². The number of ether oxygens (including phenoxy) is 1. The molecule has 0 N–H and O–H groups in total. The summed E-state index contributed by atoms with van der Waals surface area (Å²) < 4.78 is 5.75. The molecule has 0 saturated heterocycles. The Kier molecular flexibility index (Phi) is 3.66. The Bertz CT molecular complexity index is 524. The van der Waals surface area contributed by atoms with Crippen molar-refractivity contribution in [3.8, 4) is 0 Å². The molecule has 0 unspecified atom stereocenters. The summed E-state index contributed by atoms with van der Waals surface area (Å²) in [5.41, 5.74) is 0.763. The van der Waals surface area contributed by atoms with Gasteiger partial charge in [0.2, 0.25) is 0 Å². The lowest BCUT2D eigenvalue weighted by Gasteiger charge is -2.59. The lowest BCUT2D eigenvalue weighted by molar-refractivity contribution is -0.159. The lowest BCUT2D eigenvalue weighted by Crippen LogP contribution is -2.53. The normalized spacial score (nSPS) is 51.5. The van der Waals surface area contributed by atoms with Gasteiger partial charge in [-0.05, 0) is 80.5 Å². The van der Waals surface area contributed by atoms with Gasteiger partial charge < -0.3 is 4.74 Å². The zero-order valence-electron chi connectivity index (χ0n) is 15.0. The van der Waals surface area contributed by atoms with Gasteiger partial charge in [0.25, 0.3) is 0 Å². The Balaban J connectivity index is 1.60. The molecule has 0 aromatic carbocycles. The summed E-state index contributed by atoms with van der Waals surface area (Å²) in [7, 11) is 0. The maximum Gasteiger partial charge on any atom is 0.302 e. The summed E-state index contributed by atoms with van der Waals surface area (Å²) in [5, 5.41) is 0. The second kappa shape index (κ2) is 5.36. The van der Waals surface area contributed by atoms with E-state index in [1.165, 1.54) is 44.9 Å². The molecule has 0 heterocycles. The summed E-state index contributed by atoms with van der Waals surface area (Å²) >= 11 is 0. The number of fused-ring (bicyclic) bond motifs is 5. The minimum Gasteiger partial charge on any atom is -0.462 e. The highest BCUT2D eigenvalue weighted by atomic mass is 16.5. The van der Waals surface area contributed by atoms with E-state index in [1.54, 1.807) is 6.92 Å². The van der Waals surface area contributed by atoms with E-state index < -0.39 is 0 Å². The molecular formula is C21H32O2. The lowest BCUT2D eigenvalue weighted by atomic mass is 9.46. The van der Waals surface area contributed by atoms with E-state index >= 15 is 0 Å². The van der Waals surface area contributed by atoms with Gasteiger partial charge in [0.1, 0.15) is 6.10 Å². The van der Waals surface area contributed by atoms with Gasteiger partial charge in [-0.3, -0.25) is 4.79 Å². The van der Waals surface area contributed by atoms with Crippen LogP contribution in [0.15, 0.2) is 12.2 Å². The van der Waals surface area contributed by atoms with Crippen molar-refractivity contribution in [3.63, 3.8) is 0 Å². The van der Waals surface area contributed by atoms with E-state index in [-0.39, 0.29) is 17.5 Å². The van der Waals surface area contributed by atoms with Gasteiger partial charge in [0, 0.05) is 12.3 Å². The van der Waals surface area contributed by atoms with Gasteiger partial charge in [-0.2, -0.15) is 0 Å². The molecule has 3 fully saturated rings. The molecular weight excluding hydrogens is 284 g/mol. The summed E-state index contributed by atoms with van der Waals surface area (Å²) in [6.45, 7) is 6.58. The van der Waals surface area contributed by atoms with E-state index in [1.807, 2.05) is 0 Å². The van der Waals surface area contributed by atoms with Gasteiger partial charge >= 0.3 is 5.97 Å². The molecule has 0 aromatic rings. The van der Waals surface area contributed by atoms with Crippen molar-refractivity contribution in [2.45, 2.75) is 78.2 Å². The fourth-order valence-electron chi connectivity index (χ4n) is 7.18. The van der Waals surface area contributed by atoms with Crippen LogP contribution in [0.4, 0.5) is 0 Å². The van der Waals surface area contributed by atoms with Crippen molar-refractivity contribution in [2.75, 3.05) is 0 Å². The molecule has 128 valence electrons. The van der Waals surface area contributed by atoms with Crippen molar-refractivity contribution in [3.05, 3.63) is 12.2 Å². The number of hydrogen-bond donors (Lipinski definition) is 0. The largest absolute Gasteiger partial charge is 0.462 e. The van der Waals surface area contributed by atoms with Crippen molar-refractivity contribution in [2.24, 2.45) is 34.5 Å². The van der Waals surface area contributed by atoms with Crippen LogP contribution >= 0.6 is 0 Å². The molecule has 0 aromatic heterocycles. The Morgan fingerprint density at radius 2 is 1.78 bits per heavy atom. The van der Waals surface area contributed by atoms with Gasteiger partial charge in [0.15, 0.2) is 0 Å². The standard InChI is InChI=1S/C21H32O2/c1-14(22)23-19-10-9-17-16-8-7-15-6-4-5-12-20(15,2)18(16)11-13-21(17,19)3/h4-5,15-19H,6-13H2,1-3H3/t15-,16-,17-,18-,19+,20+,21+/m1/s1. The monoisotopic (exact) mass is 316 g/mol. The Hall–Kier alpha value is -0.790. The average Bonchev–Trinajstić information content (AvgIpc) is 2.83. The number of allylic oxidation sites excluding steroid dienone is 2. The van der Waals surface area contributed by atoms with E-state index in [2.05, 4.69) is 26.0 Å². The van der Waals surface area contributed by atoms with E-state index in [4.69, 9.17) is 4.74 Å². The maximum atomic E-state index is 11.5. The van der Waals surface area contributed by atoms with Gasteiger partial charge in [-0.15, -0.1) is 0 Å². The number of esters is 1. The smallest absolute Gasteiger partial charge is 0.302 e.